The maximum absolute atomic E-state index is 9.47. The molecule has 0 aliphatic rings. The Bertz CT molecular complexity index is 1050. The number of nitrogens with one attached hydrogen (secondary N) is 3. The van der Waals surface area contributed by atoms with Crippen LogP contribution in [0.25, 0.3) is 10.9 Å². The molecule has 0 saturated heterocycles. The van der Waals surface area contributed by atoms with E-state index in [4.69, 9.17) is 12.2 Å². The highest BCUT2D eigenvalue weighted by Gasteiger charge is 2.07. The molecule has 0 atom stereocenters. The van der Waals surface area contributed by atoms with Crippen LogP contribution in [0, 0.1) is 18.3 Å². The van der Waals surface area contributed by atoms with Crippen LogP contribution in [-0.4, -0.2) is 23.2 Å². The van der Waals surface area contributed by atoms with E-state index in [0.717, 1.165) is 36.0 Å². The van der Waals surface area contributed by atoms with E-state index in [0.29, 0.717) is 23.0 Å². The summed E-state index contributed by atoms with van der Waals surface area (Å²) in [5, 5.41) is 20.7. The van der Waals surface area contributed by atoms with Gasteiger partial charge < -0.3 is 16.0 Å². The number of anilines is 2. The third-order valence-electron chi connectivity index (χ3n) is 4.62. The van der Waals surface area contributed by atoms with Crippen molar-refractivity contribution in [2.75, 3.05) is 23.7 Å². The Hall–Kier alpha value is -3.17. The third-order valence-corrected chi connectivity index (χ3v) is 4.86. The highest BCUT2D eigenvalue weighted by Crippen LogP contribution is 2.21. The van der Waals surface area contributed by atoms with E-state index in [-0.39, 0.29) is 0 Å². The molecule has 0 unspecified atom stereocenters. The monoisotopic (exact) mass is 403 g/mol. The summed E-state index contributed by atoms with van der Waals surface area (Å²) in [6.07, 6.45) is 1.81. The number of nitriles is 1. The van der Waals surface area contributed by atoms with Gasteiger partial charge in [0.05, 0.1) is 11.1 Å². The van der Waals surface area contributed by atoms with Crippen molar-refractivity contribution in [1.82, 2.24) is 10.3 Å². The molecule has 0 bridgehead atoms. The number of pyridine rings is 1. The Kier molecular flexibility index (Phi) is 6.99. The predicted octanol–water partition coefficient (Wildman–Crippen LogP) is 4.77. The maximum Gasteiger partial charge on any atom is 0.170 e. The Morgan fingerprint density at radius 1 is 1.14 bits per heavy atom. The molecule has 1 aromatic heterocycles. The van der Waals surface area contributed by atoms with Gasteiger partial charge in [-0.15, -0.1) is 0 Å². The maximum atomic E-state index is 9.47. The van der Waals surface area contributed by atoms with Gasteiger partial charge in [0.2, 0.25) is 0 Å². The van der Waals surface area contributed by atoms with Crippen LogP contribution in [-0.2, 0) is 6.42 Å². The van der Waals surface area contributed by atoms with Gasteiger partial charge in [-0.1, -0.05) is 25.1 Å². The van der Waals surface area contributed by atoms with Crippen LogP contribution in [0.4, 0.5) is 11.5 Å². The zero-order chi connectivity index (χ0) is 20.6. The summed E-state index contributed by atoms with van der Waals surface area (Å²) in [5.74, 6) is 0.629. The minimum atomic E-state index is 0.565. The smallest absolute Gasteiger partial charge is 0.170 e. The standard InChI is InChI=1S/C23H25N5S/c1-3-17-8-9-21-18(13-17)14-19(15-24)22(28-21)25-10-5-11-26-23(29)27-20-7-4-6-16(2)12-20/h4,6-9,12-14H,3,5,10-11H2,1-2H3,(H,25,28)(H2,26,27,29). The van der Waals surface area contributed by atoms with Gasteiger partial charge in [-0.3, -0.25) is 0 Å². The van der Waals surface area contributed by atoms with E-state index in [9.17, 15) is 5.26 Å². The summed E-state index contributed by atoms with van der Waals surface area (Å²) < 4.78 is 0. The topological polar surface area (TPSA) is 72.8 Å². The van der Waals surface area contributed by atoms with Crippen molar-refractivity contribution >= 4 is 39.7 Å². The lowest BCUT2D eigenvalue weighted by atomic mass is 10.1. The highest BCUT2D eigenvalue weighted by atomic mass is 32.1. The molecule has 1 heterocycles. The Balaban J connectivity index is 1.50. The van der Waals surface area contributed by atoms with E-state index < -0.39 is 0 Å². The zero-order valence-corrected chi connectivity index (χ0v) is 17.6. The molecule has 0 aliphatic carbocycles. The van der Waals surface area contributed by atoms with Crippen molar-refractivity contribution in [1.29, 1.82) is 5.26 Å². The van der Waals surface area contributed by atoms with Crippen LogP contribution >= 0.6 is 12.2 Å². The Morgan fingerprint density at radius 2 is 2.00 bits per heavy atom. The van der Waals surface area contributed by atoms with Crippen LogP contribution in [0.5, 0.6) is 0 Å². The number of hydrogen-bond acceptors (Lipinski definition) is 4. The first-order valence-electron chi connectivity index (χ1n) is 9.78. The molecule has 0 fully saturated rings. The molecule has 2 aromatic carbocycles. The molecule has 0 aliphatic heterocycles. The second-order valence-corrected chi connectivity index (χ2v) is 7.32. The lowest BCUT2D eigenvalue weighted by molar-refractivity contribution is 0.807. The van der Waals surface area contributed by atoms with Crippen LogP contribution in [0.2, 0.25) is 0 Å². The molecule has 3 rings (SSSR count). The molecule has 0 spiro atoms. The Morgan fingerprint density at radius 3 is 2.76 bits per heavy atom. The largest absolute Gasteiger partial charge is 0.369 e. The van der Waals surface area contributed by atoms with Gasteiger partial charge in [-0.25, -0.2) is 4.98 Å². The van der Waals surface area contributed by atoms with Crippen molar-refractivity contribution in [2.24, 2.45) is 0 Å². The normalized spacial score (nSPS) is 10.4. The molecule has 6 heteroatoms. The quantitative estimate of drug-likeness (QED) is 0.390. The van der Waals surface area contributed by atoms with Gasteiger partial charge in [0, 0.05) is 24.2 Å². The summed E-state index contributed by atoms with van der Waals surface area (Å²) in [6.45, 7) is 5.58. The summed E-state index contributed by atoms with van der Waals surface area (Å²) in [4.78, 5) is 4.63. The summed E-state index contributed by atoms with van der Waals surface area (Å²) in [7, 11) is 0. The van der Waals surface area contributed by atoms with Gasteiger partial charge in [0.15, 0.2) is 5.11 Å². The first kappa shape index (κ1) is 20.6. The van der Waals surface area contributed by atoms with E-state index in [1.807, 2.05) is 43.3 Å². The van der Waals surface area contributed by atoms with Crippen molar-refractivity contribution < 1.29 is 0 Å². The van der Waals surface area contributed by atoms with Crippen molar-refractivity contribution in [3.05, 3.63) is 65.2 Å². The molecule has 0 amide bonds. The number of aromatic nitrogens is 1. The predicted molar refractivity (Wildman–Crippen MR) is 124 cm³/mol. The molecule has 0 radical (unpaired) electrons. The average molecular weight is 404 g/mol. The van der Waals surface area contributed by atoms with Crippen molar-refractivity contribution in [3.63, 3.8) is 0 Å². The van der Waals surface area contributed by atoms with Crippen LogP contribution < -0.4 is 16.0 Å². The number of nitrogens with zero attached hydrogens (tertiary/aromatic N) is 2. The Labute approximate surface area is 177 Å². The first-order valence-corrected chi connectivity index (χ1v) is 10.2. The first-order chi connectivity index (χ1) is 14.1. The number of benzene rings is 2. The van der Waals surface area contributed by atoms with Gasteiger partial charge in [-0.05, 0) is 73.4 Å². The molecule has 0 saturated carbocycles. The van der Waals surface area contributed by atoms with Gasteiger partial charge >= 0.3 is 0 Å². The van der Waals surface area contributed by atoms with Crippen LogP contribution in [0.1, 0.15) is 30.0 Å². The molecule has 5 nitrogen and oxygen atoms in total. The van der Waals surface area contributed by atoms with Gasteiger partial charge in [0.25, 0.3) is 0 Å². The summed E-state index contributed by atoms with van der Waals surface area (Å²) >= 11 is 5.34. The van der Waals surface area contributed by atoms with E-state index in [2.05, 4.69) is 46.1 Å². The minimum absolute atomic E-state index is 0.565. The van der Waals surface area contributed by atoms with Crippen molar-refractivity contribution in [3.8, 4) is 6.07 Å². The fraction of sp³-hybridized carbons (Fsp3) is 0.261. The number of rotatable bonds is 7. The second-order valence-electron chi connectivity index (χ2n) is 6.91. The number of hydrogen-bond donors (Lipinski definition) is 3. The van der Waals surface area contributed by atoms with Crippen molar-refractivity contribution in [2.45, 2.75) is 26.7 Å². The van der Waals surface area contributed by atoms with Gasteiger partial charge in [-0.2, -0.15) is 5.26 Å². The van der Waals surface area contributed by atoms with Gasteiger partial charge in [0.1, 0.15) is 11.9 Å². The molecule has 3 N–H and O–H groups in total. The lowest BCUT2D eigenvalue weighted by Gasteiger charge is -2.12. The van der Waals surface area contributed by atoms with E-state index >= 15 is 0 Å². The molecular formula is C23H25N5S. The number of fused-ring (bicyclic) bond motifs is 1. The second kappa shape index (κ2) is 9.85. The lowest BCUT2D eigenvalue weighted by Crippen LogP contribution is -2.30. The molecular weight excluding hydrogens is 378 g/mol. The molecule has 29 heavy (non-hydrogen) atoms. The average Bonchev–Trinajstić information content (AvgIpc) is 2.72. The summed E-state index contributed by atoms with van der Waals surface area (Å²) in [6, 6.07) is 18.4. The zero-order valence-electron chi connectivity index (χ0n) is 16.7. The molecule has 3 aromatic rings. The van der Waals surface area contributed by atoms with E-state index in [1.165, 1.54) is 11.1 Å². The third kappa shape index (κ3) is 5.66. The van der Waals surface area contributed by atoms with E-state index in [1.54, 1.807) is 0 Å². The molecule has 148 valence electrons. The summed E-state index contributed by atoms with van der Waals surface area (Å²) in [5.41, 5.74) is 4.86. The number of aryl methyl sites for hydroxylation is 2. The van der Waals surface area contributed by atoms with Crippen LogP contribution in [0.15, 0.2) is 48.5 Å². The number of thiocarbonyl (C=S) groups is 1. The fourth-order valence-electron chi connectivity index (χ4n) is 3.06. The highest BCUT2D eigenvalue weighted by molar-refractivity contribution is 7.80. The minimum Gasteiger partial charge on any atom is -0.369 e. The fourth-order valence-corrected chi connectivity index (χ4v) is 3.28. The SMILES string of the molecule is CCc1ccc2nc(NCCCNC(=S)Nc3cccc(C)c3)c(C#N)cc2c1. The van der Waals surface area contributed by atoms with Crippen LogP contribution in [0.3, 0.4) is 0 Å².